The molecular formula is C19H26N2O3. The Morgan fingerprint density at radius 2 is 1.79 bits per heavy atom. The van der Waals surface area contributed by atoms with Gasteiger partial charge < -0.3 is 20.1 Å². The van der Waals surface area contributed by atoms with Crippen molar-refractivity contribution in [3.63, 3.8) is 0 Å². The molecule has 0 aliphatic heterocycles. The minimum atomic E-state index is -0.185. The Hall–Kier alpha value is -2.11. The summed E-state index contributed by atoms with van der Waals surface area (Å²) >= 11 is 0. The molecule has 0 aromatic heterocycles. The van der Waals surface area contributed by atoms with E-state index in [0.717, 1.165) is 35.2 Å². The number of benzene rings is 2. The van der Waals surface area contributed by atoms with Crippen LogP contribution in [0.25, 0.3) is 10.8 Å². The van der Waals surface area contributed by atoms with Gasteiger partial charge in [0.2, 0.25) is 5.91 Å². The van der Waals surface area contributed by atoms with Crippen molar-refractivity contribution in [3.8, 4) is 5.75 Å². The lowest BCUT2D eigenvalue weighted by molar-refractivity contribution is -0.122. The normalized spacial score (nSPS) is 12.1. The largest absolute Gasteiger partial charge is 0.497 e. The Morgan fingerprint density at radius 3 is 2.54 bits per heavy atom. The van der Waals surface area contributed by atoms with Crippen molar-refractivity contribution in [3.05, 3.63) is 42.0 Å². The van der Waals surface area contributed by atoms with Crippen molar-refractivity contribution >= 4 is 16.7 Å². The topological polar surface area (TPSA) is 59.6 Å². The molecule has 2 N–H and O–H groups in total. The number of methoxy groups -OCH3 is 2. The maximum absolute atomic E-state index is 12.3. The zero-order chi connectivity index (χ0) is 17.4. The van der Waals surface area contributed by atoms with E-state index in [1.54, 1.807) is 14.2 Å². The van der Waals surface area contributed by atoms with Gasteiger partial charge in [0.25, 0.3) is 0 Å². The SMILES string of the molecule is COCCNCCNC(=O)C(C)c1ccc2cc(OC)ccc2c1. The first-order chi connectivity index (χ1) is 11.7. The number of carbonyl (C=O) groups excluding carboxylic acids is 1. The maximum atomic E-state index is 12.3. The number of hydrogen-bond donors (Lipinski definition) is 2. The van der Waals surface area contributed by atoms with E-state index >= 15 is 0 Å². The molecule has 1 unspecified atom stereocenters. The number of nitrogens with one attached hydrogen (secondary N) is 2. The van der Waals surface area contributed by atoms with Gasteiger partial charge in [0.05, 0.1) is 19.6 Å². The summed E-state index contributed by atoms with van der Waals surface area (Å²) in [6.07, 6.45) is 0. The molecule has 5 heteroatoms. The smallest absolute Gasteiger partial charge is 0.227 e. The van der Waals surface area contributed by atoms with E-state index in [9.17, 15) is 4.79 Å². The summed E-state index contributed by atoms with van der Waals surface area (Å²) in [6, 6.07) is 12.0. The van der Waals surface area contributed by atoms with E-state index in [0.29, 0.717) is 13.2 Å². The standard InChI is InChI=1S/C19H26N2O3/c1-14(19(22)21-9-8-20-10-11-23-2)15-4-5-17-13-18(24-3)7-6-16(17)12-15/h4-7,12-14,20H,8-11H2,1-3H3,(H,21,22). The Balaban J connectivity index is 1.92. The molecule has 0 heterocycles. The minimum Gasteiger partial charge on any atom is -0.497 e. The van der Waals surface area contributed by atoms with E-state index in [2.05, 4.69) is 16.7 Å². The average Bonchev–Trinajstić information content (AvgIpc) is 2.62. The van der Waals surface area contributed by atoms with Gasteiger partial charge in [-0.25, -0.2) is 0 Å². The Morgan fingerprint density at radius 1 is 1.04 bits per heavy atom. The molecule has 0 aliphatic carbocycles. The predicted molar refractivity (Wildman–Crippen MR) is 96.7 cm³/mol. The van der Waals surface area contributed by atoms with Gasteiger partial charge in [-0.05, 0) is 35.4 Å². The lowest BCUT2D eigenvalue weighted by atomic mass is 9.97. The monoisotopic (exact) mass is 330 g/mol. The Kier molecular flexibility index (Phi) is 7.03. The molecule has 0 spiro atoms. The van der Waals surface area contributed by atoms with Gasteiger partial charge in [-0.3, -0.25) is 4.79 Å². The molecule has 2 aromatic carbocycles. The van der Waals surface area contributed by atoms with Crippen LogP contribution in [0.4, 0.5) is 0 Å². The maximum Gasteiger partial charge on any atom is 0.227 e. The molecule has 0 radical (unpaired) electrons. The molecule has 1 atom stereocenters. The van der Waals surface area contributed by atoms with E-state index in [4.69, 9.17) is 9.47 Å². The molecule has 0 aliphatic rings. The number of hydrogen-bond acceptors (Lipinski definition) is 4. The fraction of sp³-hybridized carbons (Fsp3) is 0.421. The van der Waals surface area contributed by atoms with Crippen molar-refractivity contribution in [1.82, 2.24) is 10.6 Å². The Labute approximate surface area is 143 Å². The van der Waals surface area contributed by atoms with Crippen LogP contribution in [0.2, 0.25) is 0 Å². The summed E-state index contributed by atoms with van der Waals surface area (Å²) in [6.45, 7) is 4.73. The third-order valence-corrected chi connectivity index (χ3v) is 4.05. The van der Waals surface area contributed by atoms with Crippen LogP contribution in [0.3, 0.4) is 0 Å². The van der Waals surface area contributed by atoms with Gasteiger partial charge >= 0.3 is 0 Å². The second kappa shape index (κ2) is 9.25. The number of carbonyl (C=O) groups is 1. The van der Waals surface area contributed by atoms with Crippen LogP contribution in [0.5, 0.6) is 5.75 Å². The van der Waals surface area contributed by atoms with Gasteiger partial charge in [-0.2, -0.15) is 0 Å². The lowest BCUT2D eigenvalue weighted by Crippen LogP contribution is -2.35. The summed E-state index contributed by atoms with van der Waals surface area (Å²) in [7, 11) is 3.33. The van der Waals surface area contributed by atoms with Crippen molar-refractivity contribution < 1.29 is 14.3 Å². The molecule has 0 fully saturated rings. The molecule has 130 valence electrons. The highest BCUT2D eigenvalue weighted by Crippen LogP contribution is 2.25. The first kappa shape index (κ1) is 18.2. The number of ether oxygens (including phenoxy) is 2. The zero-order valence-corrected chi connectivity index (χ0v) is 14.6. The minimum absolute atomic E-state index is 0.0383. The third kappa shape index (κ3) is 4.94. The van der Waals surface area contributed by atoms with E-state index in [1.165, 1.54) is 0 Å². The van der Waals surface area contributed by atoms with Gasteiger partial charge in [-0.15, -0.1) is 0 Å². The second-order valence-corrected chi connectivity index (χ2v) is 5.73. The fourth-order valence-corrected chi connectivity index (χ4v) is 2.52. The molecule has 5 nitrogen and oxygen atoms in total. The summed E-state index contributed by atoms with van der Waals surface area (Å²) < 4.78 is 10.2. The molecule has 1 amide bonds. The highest BCUT2D eigenvalue weighted by Gasteiger charge is 2.15. The molecule has 0 bridgehead atoms. The van der Waals surface area contributed by atoms with Crippen molar-refractivity contribution in [2.24, 2.45) is 0 Å². The van der Waals surface area contributed by atoms with Gasteiger partial charge in [-0.1, -0.05) is 24.3 Å². The first-order valence-electron chi connectivity index (χ1n) is 8.20. The van der Waals surface area contributed by atoms with Crippen molar-refractivity contribution in [2.75, 3.05) is 40.5 Å². The third-order valence-electron chi connectivity index (χ3n) is 4.05. The van der Waals surface area contributed by atoms with Crippen LogP contribution in [0, 0.1) is 0 Å². The molecule has 2 rings (SSSR count). The molecule has 2 aromatic rings. The number of fused-ring (bicyclic) bond motifs is 1. The highest BCUT2D eigenvalue weighted by molar-refractivity contribution is 5.88. The number of rotatable bonds is 9. The predicted octanol–water partition coefficient (Wildman–Crippen LogP) is 2.30. The van der Waals surface area contributed by atoms with Crippen LogP contribution in [0.15, 0.2) is 36.4 Å². The van der Waals surface area contributed by atoms with E-state index in [1.807, 2.05) is 37.3 Å². The van der Waals surface area contributed by atoms with Crippen molar-refractivity contribution in [1.29, 1.82) is 0 Å². The molecule has 0 saturated carbocycles. The van der Waals surface area contributed by atoms with Crippen LogP contribution in [-0.4, -0.2) is 46.4 Å². The summed E-state index contributed by atoms with van der Waals surface area (Å²) in [5.41, 5.74) is 1.01. The summed E-state index contributed by atoms with van der Waals surface area (Å²) in [5.74, 6) is 0.689. The quantitative estimate of drug-likeness (QED) is 0.693. The van der Waals surface area contributed by atoms with E-state index in [-0.39, 0.29) is 11.8 Å². The van der Waals surface area contributed by atoms with Gasteiger partial charge in [0, 0.05) is 26.7 Å². The first-order valence-corrected chi connectivity index (χ1v) is 8.20. The lowest BCUT2D eigenvalue weighted by Gasteiger charge is -2.14. The van der Waals surface area contributed by atoms with Crippen LogP contribution < -0.4 is 15.4 Å². The van der Waals surface area contributed by atoms with Gasteiger partial charge in [0.15, 0.2) is 0 Å². The fourth-order valence-electron chi connectivity index (χ4n) is 2.52. The second-order valence-electron chi connectivity index (χ2n) is 5.73. The van der Waals surface area contributed by atoms with Crippen LogP contribution in [0.1, 0.15) is 18.4 Å². The summed E-state index contributed by atoms with van der Waals surface area (Å²) in [4.78, 5) is 12.3. The average molecular weight is 330 g/mol. The summed E-state index contributed by atoms with van der Waals surface area (Å²) in [5, 5.41) is 8.38. The van der Waals surface area contributed by atoms with Crippen molar-refractivity contribution in [2.45, 2.75) is 12.8 Å². The highest BCUT2D eigenvalue weighted by atomic mass is 16.5. The molecule has 0 saturated heterocycles. The Bertz CT molecular complexity index is 673. The zero-order valence-electron chi connectivity index (χ0n) is 14.6. The van der Waals surface area contributed by atoms with Crippen LogP contribution >= 0.6 is 0 Å². The number of amides is 1. The van der Waals surface area contributed by atoms with Crippen LogP contribution in [-0.2, 0) is 9.53 Å². The van der Waals surface area contributed by atoms with Gasteiger partial charge in [0.1, 0.15) is 5.75 Å². The molecular weight excluding hydrogens is 304 g/mol. The molecule has 24 heavy (non-hydrogen) atoms. The van der Waals surface area contributed by atoms with E-state index < -0.39 is 0 Å².